The molecular formula is C40H34N4O. The van der Waals surface area contributed by atoms with E-state index in [2.05, 4.69) is 116 Å². The van der Waals surface area contributed by atoms with Crippen molar-refractivity contribution in [2.75, 3.05) is 17.1 Å². The number of hydrogen-bond acceptors (Lipinski definition) is 4. The number of benzene rings is 5. The number of hydrogen-bond donors (Lipinski definition) is 0. The van der Waals surface area contributed by atoms with Crippen molar-refractivity contribution in [3.8, 4) is 16.9 Å². The minimum Gasteiger partial charge on any atom is -0.294 e. The van der Waals surface area contributed by atoms with E-state index in [-0.39, 0.29) is 0 Å². The van der Waals surface area contributed by atoms with Gasteiger partial charge in [0.05, 0.1) is 28.1 Å². The van der Waals surface area contributed by atoms with E-state index in [0.29, 0.717) is 11.4 Å². The summed E-state index contributed by atoms with van der Waals surface area (Å²) >= 11 is 0. The molecule has 0 amide bonds. The monoisotopic (exact) mass is 589 g/mol. The Labute approximate surface area is 267 Å². The lowest BCUT2D eigenvalue weighted by Gasteiger charge is -2.28. The van der Waals surface area contributed by atoms with E-state index in [1.54, 1.807) is 11.1 Å². The Morgan fingerprint density at radius 3 is 2.31 bits per heavy atom. The first-order valence-corrected chi connectivity index (χ1v) is 15.2. The number of rotatable bonds is 5. The van der Waals surface area contributed by atoms with Gasteiger partial charge in [0.25, 0.3) is 0 Å². The first-order chi connectivity index (χ1) is 23.1. The van der Waals surface area contributed by atoms with Gasteiger partial charge in [0.15, 0.2) is 0 Å². The Bertz CT molecular complexity index is 2340. The van der Waals surface area contributed by atoms with Crippen LogP contribution < -0.4 is 10.1 Å². The highest BCUT2D eigenvalue weighted by atomic mass is 16.8. The maximum atomic E-state index is 8.02. The van der Waals surface area contributed by atoms with Gasteiger partial charge < -0.3 is 0 Å². The molecule has 220 valence electrons. The molecule has 45 heavy (non-hydrogen) atoms. The van der Waals surface area contributed by atoms with Crippen molar-refractivity contribution in [1.82, 2.24) is 9.55 Å². The molecule has 2 aromatic heterocycles. The zero-order valence-electron chi connectivity index (χ0n) is 28.4. The number of aromatic nitrogens is 2. The fourth-order valence-electron chi connectivity index (χ4n) is 6.56. The SMILES string of the molecule is [2H]C([2H])([2H])N1ON(c2cccc(C(C)(C)c3ccc4c5ccccc5n(-c5cc(-c6ccccc6C)ccn5)c4c3)c2)c2ccccc21. The number of pyridine rings is 1. The first kappa shape index (κ1) is 24.0. The second kappa shape index (κ2) is 10.4. The van der Waals surface area contributed by atoms with Crippen LogP contribution in [0.4, 0.5) is 17.1 Å². The predicted octanol–water partition coefficient (Wildman–Crippen LogP) is 9.91. The topological polar surface area (TPSA) is 33.5 Å². The molecule has 0 unspecified atom stereocenters. The van der Waals surface area contributed by atoms with Crippen molar-refractivity contribution in [3.05, 3.63) is 150 Å². The molecule has 0 bridgehead atoms. The van der Waals surface area contributed by atoms with E-state index >= 15 is 0 Å². The van der Waals surface area contributed by atoms with Gasteiger partial charge in [0.1, 0.15) is 5.82 Å². The molecule has 0 atom stereocenters. The average molecular weight is 590 g/mol. The smallest absolute Gasteiger partial charge is 0.138 e. The van der Waals surface area contributed by atoms with Crippen molar-refractivity contribution < 1.29 is 9.05 Å². The number of hydroxylamine groups is 1. The average Bonchev–Trinajstić information content (AvgIpc) is 3.65. The van der Waals surface area contributed by atoms with Crippen LogP contribution in [0.1, 0.15) is 34.7 Å². The molecule has 1 aliphatic heterocycles. The van der Waals surface area contributed by atoms with Crippen LogP contribution in [0.15, 0.2) is 134 Å². The molecular weight excluding hydrogens is 552 g/mol. The lowest BCUT2D eigenvalue weighted by atomic mass is 9.77. The number of anilines is 3. The van der Waals surface area contributed by atoms with Gasteiger partial charge in [0.2, 0.25) is 0 Å². The molecule has 7 aromatic rings. The van der Waals surface area contributed by atoms with Crippen LogP contribution >= 0.6 is 0 Å². The third kappa shape index (κ3) is 4.39. The summed E-state index contributed by atoms with van der Waals surface area (Å²) in [5.74, 6) is 0.863. The van der Waals surface area contributed by atoms with Crippen LogP contribution in [0.5, 0.6) is 0 Å². The third-order valence-corrected chi connectivity index (χ3v) is 9.11. The van der Waals surface area contributed by atoms with Gasteiger partial charge in [-0.05, 0) is 83.3 Å². The first-order valence-electron chi connectivity index (χ1n) is 16.7. The Kier molecular flexibility index (Phi) is 5.52. The molecule has 8 rings (SSSR count). The molecule has 0 radical (unpaired) electrons. The summed E-state index contributed by atoms with van der Waals surface area (Å²) in [4.78, 5) is 10.8. The van der Waals surface area contributed by atoms with E-state index in [1.165, 1.54) is 16.5 Å². The summed E-state index contributed by atoms with van der Waals surface area (Å²) in [6.07, 6.45) is 1.89. The summed E-state index contributed by atoms with van der Waals surface area (Å²) in [5, 5.41) is 4.92. The molecule has 1 aliphatic rings. The molecule has 0 spiro atoms. The number of nitrogens with zero attached hydrogens (tertiary/aromatic N) is 4. The van der Waals surface area contributed by atoms with E-state index in [0.717, 1.165) is 49.7 Å². The summed E-state index contributed by atoms with van der Waals surface area (Å²) in [5.41, 5.74) is 9.42. The molecule has 0 N–H and O–H groups in total. The lowest BCUT2D eigenvalue weighted by Crippen LogP contribution is -2.22. The maximum absolute atomic E-state index is 8.02. The highest BCUT2D eigenvalue weighted by molar-refractivity contribution is 6.09. The second-order valence-corrected chi connectivity index (χ2v) is 12.1. The Balaban J connectivity index is 1.24. The fourth-order valence-corrected chi connectivity index (χ4v) is 6.56. The number of fused-ring (bicyclic) bond motifs is 4. The largest absolute Gasteiger partial charge is 0.294 e. The Morgan fingerprint density at radius 2 is 1.44 bits per heavy atom. The molecule has 5 aromatic carbocycles. The summed E-state index contributed by atoms with van der Waals surface area (Å²) in [7, 11) is 0. The van der Waals surface area contributed by atoms with E-state index in [1.807, 2.05) is 36.5 Å². The van der Waals surface area contributed by atoms with Gasteiger partial charge in [-0.2, -0.15) is 5.06 Å². The maximum Gasteiger partial charge on any atom is 0.138 e. The number of para-hydroxylation sites is 3. The Morgan fingerprint density at radius 1 is 0.689 bits per heavy atom. The molecule has 0 aliphatic carbocycles. The van der Waals surface area contributed by atoms with Crippen molar-refractivity contribution in [3.63, 3.8) is 0 Å². The van der Waals surface area contributed by atoms with Crippen molar-refractivity contribution in [1.29, 1.82) is 0 Å². The minimum atomic E-state index is -2.45. The van der Waals surface area contributed by atoms with Crippen LogP contribution in [0.2, 0.25) is 0 Å². The van der Waals surface area contributed by atoms with Crippen LogP contribution in [0.3, 0.4) is 0 Å². The third-order valence-electron chi connectivity index (χ3n) is 9.11. The van der Waals surface area contributed by atoms with Crippen molar-refractivity contribution in [2.24, 2.45) is 0 Å². The van der Waals surface area contributed by atoms with Crippen molar-refractivity contribution >= 4 is 38.9 Å². The molecule has 3 heterocycles. The number of aryl methyl sites for hydroxylation is 1. The fraction of sp³-hybridized carbons (Fsp3) is 0.125. The summed E-state index contributed by atoms with van der Waals surface area (Å²) in [6, 6.07) is 43.3. The molecule has 0 saturated carbocycles. The lowest BCUT2D eigenvalue weighted by molar-refractivity contribution is 0.142. The standard InChI is InChI=1S/C40H34N4O/c1-27-12-5-6-15-32(27)28-22-23-41-39(24-28)43-35-17-8-7-16-33(35)34-21-20-30(26-38(34)43)40(2,3)29-13-11-14-31(25-29)44-37-19-10-9-18-36(37)42(4)45-44/h5-26H,1-4H3/i4D3. The van der Waals surface area contributed by atoms with Gasteiger partial charge >= 0.3 is 0 Å². The van der Waals surface area contributed by atoms with Crippen molar-refractivity contribution in [2.45, 2.75) is 26.2 Å². The Hall–Kier alpha value is -5.39. The van der Waals surface area contributed by atoms with E-state index < -0.39 is 12.4 Å². The van der Waals surface area contributed by atoms with Gasteiger partial charge in [-0.1, -0.05) is 92.7 Å². The molecule has 0 fully saturated rings. The highest BCUT2D eigenvalue weighted by Gasteiger charge is 2.29. The second-order valence-electron chi connectivity index (χ2n) is 12.1. The van der Waals surface area contributed by atoms with Crippen LogP contribution in [-0.4, -0.2) is 16.5 Å². The van der Waals surface area contributed by atoms with Gasteiger partial charge in [-0.15, -0.1) is 4.94 Å². The summed E-state index contributed by atoms with van der Waals surface area (Å²) < 4.78 is 26.3. The van der Waals surface area contributed by atoms with Gasteiger partial charge in [-0.25, -0.2) is 10.0 Å². The zero-order valence-corrected chi connectivity index (χ0v) is 25.4. The normalized spacial score (nSPS) is 14.4. The van der Waals surface area contributed by atoms with Crippen LogP contribution in [0.25, 0.3) is 38.8 Å². The predicted molar refractivity (Wildman–Crippen MR) is 185 cm³/mol. The van der Waals surface area contributed by atoms with Gasteiger partial charge in [-0.3, -0.25) is 4.57 Å². The van der Waals surface area contributed by atoms with E-state index in [4.69, 9.17) is 14.0 Å². The minimum absolute atomic E-state index is 0.412. The van der Waals surface area contributed by atoms with E-state index in [9.17, 15) is 0 Å². The van der Waals surface area contributed by atoms with Crippen LogP contribution in [0, 0.1) is 6.92 Å². The van der Waals surface area contributed by atoms with Gasteiger partial charge in [0, 0.05) is 33.5 Å². The summed E-state index contributed by atoms with van der Waals surface area (Å²) in [6.45, 7) is 4.11. The van der Waals surface area contributed by atoms with Crippen LogP contribution in [-0.2, 0) is 10.4 Å². The highest BCUT2D eigenvalue weighted by Crippen LogP contribution is 2.43. The molecule has 5 heteroatoms. The molecule has 5 nitrogen and oxygen atoms in total. The quantitative estimate of drug-likeness (QED) is 0.200. The molecule has 0 saturated heterocycles. The zero-order chi connectivity index (χ0) is 33.2.